The van der Waals surface area contributed by atoms with Crippen LogP contribution in [0.2, 0.25) is 0 Å². The predicted octanol–water partition coefficient (Wildman–Crippen LogP) is 1.04. The van der Waals surface area contributed by atoms with Crippen LogP contribution in [0.25, 0.3) is 0 Å². The minimum Gasteiger partial charge on any atom is -0.481 e. The van der Waals surface area contributed by atoms with E-state index < -0.39 is 27.2 Å². The topological polar surface area (TPSA) is 92.7 Å². The number of fused-ring (bicyclic) bond motifs is 1. The molecule has 3 atom stereocenters. The van der Waals surface area contributed by atoms with Gasteiger partial charge in [0.15, 0.2) is 0 Å². The van der Waals surface area contributed by atoms with E-state index >= 15 is 0 Å². The van der Waals surface area contributed by atoms with Gasteiger partial charge in [0.1, 0.15) is 0 Å². The van der Waals surface area contributed by atoms with Crippen molar-refractivity contribution in [3.05, 3.63) is 35.4 Å². The van der Waals surface area contributed by atoms with Gasteiger partial charge in [0.25, 0.3) is 0 Å². The molecule has 3 unspecified atom stereocenters. The highest BCUT2D eigenvalue weighted by atomic mass is 32.2. The molecule has 6 nitrogen and oxygen atoms in total. The Kier molecular flexibility index (Phi) is 3.73. The summed E-state index contributed by atoms with van der Waals surface area (Å²) in [6.07, 6.45) is 0.511. The van der Waals surface area contributed by atoms with Crippen LogP contribution in [0.1, 0.15) is 30.1 Å². The van der Waals surface area contributed by atoms with Crippen molar-refractivity contribution in [2.75, 3.05) is 6.54 Å². The van der Waals surface area contributed by atoms with E-state index in [1.807, 2.05) is 24.3 Å². The molecule has 2 aliphatic rings. The Labute approximate surface area is 123 Å². The molecule has 7 heteroatoms. The fraction of sp³-hybridized carbons (Fsp3) is 0.500. The van der Waals surface area contributed by atoms with Crippen molar-refractivity contribution in [2.24, 2.45) is 5.92 Å². The van der Waals surface area contributed by atoms with E-state index in [1.54, 1.807) is 0 Å². The summed E-state index contributed by atoms with van der Waals surface area (Å²) >= 11 is 0. The molecule has 0 spiro atoms. The largest absolute Gasteiger partial charge is 0.481 e. The Morgan fingerprint density at radius 1 is 1.33 bits per heavy atom. The maximum atomic E-state index is 12.2. The summed E-state index contributed by atoms with van der Waals surface area (Å²) in [7, 11) is -3.62. The van der Waals surface area contributed by atoms with Crippen LogP contribution in [-0.4, -0.2) is 31.3 Å². The molecule has 114 valence electrons. The second kappa shape index (κ2) is 5.40. The van der Waals surface area contributed by atoms with Gasteiger partial charge < -0.3 is 9.84 Å². The van der Waals surface area contributed by atoms with Gasteiger partial charge in [-0.25, -0.2) is 13.1 Å². The van der Waals surface area contributed by atoms with Crippen LogP contribution in [0, 0.1) is 5.92 Å². The van der Waals surface area contributed by atoms with Crippen molar-refractivity contribution in [2.45, 2.75) is 30.8 Å². The number of sulfonamides is 1. The summed E-state index contributed by atoms with van der Waals surface area (Å²) in [4.78, 5) is 10.9. The molecule has 1 aliphatic carbocycles. The molecule has 0 aromatic heterocycles. The first-order valence-corrected chi connectivity index (χ1v) is 8.44. The first-order chi connectivity index (χ1) is 9.99. The van der Waals surface area contributed by atoms with Crippen LogP contribution in [0.4, 0.5) is 0 Å². The molecular formula is C14H17NO5S. The molecule has 0 bridgehead atoms. The number of carboxylic acid groups (broad SMARTS) is 1. The predicted molar refractivity (Wildman–Crippen MR) is 75.0 cm³/mol. The lowest BCUT2D eigenvalue weighted by atomic mass is 9.85. The lowest BCUT2D eigenvalue weighted by molar-refractivity contribution is -0.144. The van der Waals surface area contributed by atoms with Crippen molar-refractivity contribution in [1.82, 2.24) is 4.72 Å². The quantitative estimate of drug-likeness (QED) is 0.847. The van der Waals surface area contributed by atoms with Gasteiger partial charge >= 0.3 is 5.97 Å². The molecule has 1 fully saturated rings. The van der Waals surface area contributed by atoms with E-state index in [0.717, 1.165) is 11.1 Å². The highest BCUT2D eigenvalue weighted by molar-refractivity contribution is 7.90. The zero-order valence-electron chi connectivity index (χ0n) is 11.4. The Hall–Kier alpha value is -1.44. The van der Waals surface area contributed by atoms with Gasteiger partial charge in [0.2, 0.25) is 10.0 Å². The Bertz CT molecular complexity index is 657. The summed E-state index contributed by atoms with van der Waals surface area (Å²) in [5, 5.41) is 8.13. The highest BCUT2D eigenvalue weighted by Crippen LogP contribution is 2.34. The smallest absolute Gasteiger partial charge is 0.307 e. The summed E-state index contributed by atoms with van der Waals surface area (Å²) in [6.45, 7) is 0.617. The number of hydrogen-bond donors (Lipinski definition) is 2. The van der Waals surface area contributed by atoms with Crippen LogP contribution >= 0.6 is 0 Å². The minimum atomic E-state index is -3.62. The summed E-state index contributed by atoms with van der Waals surface area (Å²) in [5.41, 5.74) is 2.05. The first kappa shape index (κ1) is 14.5. The molecule has 2 N–H and O–H groups in total. The Morgan fingerprint density at radius 3 is 2.76 bits per heavy atom. The number of carboxylic acids is 1. The van der Waals surface area contributed by atoms with Crippen molar-refractivity contribution < 1.29 is 23.1 Å². The van der Waals surface area contributed by atoms with Gasteiger partial charge in [0, 0.05) is 6.54 Å². The molecule has 0 saturated heterocycles. The normalized spacial score (nSPS) is 27.9. The van der Waals surface area contributed by atoms with Gasteiger partial charge in [-0.3, -0.25) is 4.79 Å². The van der Waals surface area contributed by atoms with E-state index in [4.69, 9.17) is 9.84 Å². The van der Waals surface area contributed by atoms with E-state index in [9.17, 15) is 13.2 Å². The lowest BCUT2D eigenvalue weighted by Crippen LogP contribution is -2.48. The number of nitrogens with one attached hydrogen (secondary N) is 1. The molecule has 1 aromatic rings. The van der Waals surface area contributed by atoms with Crippen LogP contribution in [-0.2, 0) is 26.2 Å². The summed E-state index contributed by atoms with van der Waals surface area (Å²) < 4.78 is 32.4. The standard InChI is InChI=1S/C14H17NO5S/c16-14(17)11-5-6-13(11)21(18,19)15-7-12-10-4-2-1-3-9(10)8-20-12/h1-4,11-13,15H,5-8H2,(H,16,17). The molecule has 1 aliphatic heterocycles. The maximum absolute atomic E-state index is 12.2. The number of benzene rings is 1. The zero-order valence-corrected chi connectivity index (χ0v) is 12.2. The Morgan fingerprint density at radius 2 is 2.10 bits per heavy atom. The number of hydrogen-bond acceptors (Lipinski definition) is 4. The minimum absolute atomic E-state index is 0.141. The van der Waals surface area contributed by atoms with Crippen LogP contribution in [0.3, 0.4) is 0 Å². The van der Waals surface area contributed by atoms with Gasteiger partial charge in [-0.15, -0.1) is 0 Å². The SMILES string of the molecule is O=C(O)C1CCC1S(=O)(=O)NCC1OCc2ccccc21. The third-order valence-corrected chi connectivity index (χ3v) is 6.17. The Balaban J connectivity index is 1.64. The molecule has 21 heavy (non-hydrogen) atoms. The molecule has 0 radical (unpaired) electrons. The van der Waals surface area contributed by atoms with Gasteiger partial charge in [-0.1, -0.05) is 24.3 Å². The van der Waals surface area contributed by atoms with Crippen LogP contribution in [0.5, 0.6) is 0 Å². The number of carbonyl (C=O) groups is 1. The maximum Gasteiger partial charge on any atom is 0.307 e. The van der Waals surface area contributed by atoms with E-state index in [2.05, 4.69) is 4.72 Å². The van der Waals surface area contributed by atoms with Crippen molar-refractivity contribution in [3.63, 3.8) is 0 Å². The third kappa shape index (κ3) is 2.68. The molecule has 3 rings (SSSR count). The second-order valence-electron chi connectivity index (χ2n) is 5.45. The lowest BCUT2D eigenvalue weighted by Gasteiger charge is -2.32. The monoisotopic (exact) mass is 311 g/mol. The van der Waals surface area contributed by atoms with Crippen molar-refractivity contribution in [3.8, 4) is 0 Å². The molecule has 1 aromatic carbocycles. The second-order valence-corrected chi connectivity index (χ2v) is 7.44. The molecule has 0 amide bonds. The van der Waals surface area contributed by atoms with Crippen LogP contribution < -0.4 is 4.72 Å². The molecule has 1 saturated carbocycles. The van der Waals surface area contributed by atoms with Crippen molar-refractivity contribution in [1.29, 1.82) is 0 Å². The number of aliphatic carboxylic acids is 1. The van der Waals surface area contributed by atoms with Crippen LogP contribution in [0.15, 0.2) is 24.3 Å². The number of ether oxygens (including phenoxy) is 1. The van der Waals surface area contributed by atoms with Gasteiger partial charge in [-0.05, 0) is 24.0 Å². The summed E-state index contributed by atoms with van der Waals surface area (Å²) in [5.74, 6) is -1.83. The first-order valence-electron chi connectivity index (χ1n) is 6.90. The fourth-order valence-corrected chi connectivity index (χ4v) is 4.58. The fourth-order valence-electron chi connectivity index (χ4n) is 2.85. The highest BCUT2D eigenvalue weighted by Gasteiger charge is 2.45. The zero-order chi connectivity index (χ0) is 15.0. The van der Waals surface area contributed by atoms with Gasteiger partial charge in [0.05, 0.1) is 23.9 Å². The van der Waals surface area contributed by atoms with E-state index in [0.29, 0.717) is 19.4 Å². The molecule has 1 heterocycles. The van der Waals surface area contributed by atoms with E-state index in [1.165, 1.54) is 0 Å². The average molecular weight is 311 g/mol. The molecular weight excluding hydrogens is 294 g/mol. The third-order valence-electron chi connectivity index (χ3n) is 4.24. The number of rotatable bonds is 5. The van der Waals surface area contributed by atoms with E-state index in [-0.39, 0.29) is 12.6 Å². The van der Waals surface area contributed by atoms with Gasteiger partial charge in [-0.2, -0.15) is 0 Å². The summed E-state index contributed by atoms with van der Waals surface area (Å²) in [6, 6.07) is 7.68. The van der Waals surface area contributed by atoms with Crippen molar-refractivity contribution >= 4 is 16.0 Å². The average Bonchev–Trinajstić information content (AvgIpc) is 2.77.